The van der Waals surface area contributed by atoms with Gasteiger partial charge in [-0.15, -0.1) is 15.8 Å². The third-order valence-electron chi connectivity index (χ3n) is 6.40. The fraction of sp³-hybridized carbons (Fsp3) is 0.115. The summed E-state index contributed by atoms with van der Waals surface area (Å²) in [6, 6.07) is 24.0. The van der Waals surface area contributed by atoms with Crippen LogP contribution in [0.25, 0.3) is 0 Å². The molecule has 6 rings (SSSR count). The Hall–Kier alpha value is -3.51. The van der Waals surface area contributed by atoms with Gasteiger partial charge >= 0.3 is 0 Å². The summed E-state index contributed by atoms with van der Waals surface area (Å²) in [6.07, 6.45) is 0.375. The van der Waals surface area contributed by atoms with Gasteiger partial charge in [0.15, 0.2) is 6.17 Å². The molecule has 11 heteroatoms. The van der Waals surface area contributed by atoms with Crippen LogP contribution in [0.5, 0.6) is 0 Å². The van der Waals surface area contributed by atoms with Gasteiger partial charge in [0.2, 0.25) is 0 Å². The average Bonchev–Trinajstić information content (AvgIpc) is 3.39. The van der Waals surface area contributed by atoms with Gasteiger partial charge in [-0.2, -0.15) is 0 Å². The number of benzene rings is 3. The van der Waals surface area contributed by atoms with Gasteiger partial charge in [-0.25, -0.2) is 26.1 Å². The monoisotopic (exact) mass is 550 g/mol. The number of aryl methyl sites for hydroxylation is 1. The van der Waals surface area contributed by atoms with Crippen LogP contribution in [-0.2, 0) is 26.6 Å². The Kier molecular flexibility index (Phi) is 5.68. The minimum absolute atomic E-state index is 0.0684. The van der Waals surface area contributed by atoms with E-state index in [1.54, 1.807) is 84.2 Å². The normalized spacial score (nSPS) is 17.6. The van der Waals surface area contributed by atoms with E-state index in [1.165, 1.54) is 20.1 Å². The summed E-state index contributed by atoms with van der Waals surface area (Å²) in [6.45, 7) is 1.82. The predicted octanol–water partition coefficient (Wildman–Crippen LogP) is 5.05. The third-order valence-corrected chi connectivity index (χ3v) is 11.3. The van der Waals surface area contributed by atoms with Crippen molar-refractivity contribution in [2.45, 2.75) is 28.7 Å². The fourth-order valence-electron chi connectivity index (χ4n) is 4.59. The second-order valence-corrected chi connectivity index (χ2v) is 13.5. The maximum absolute atomic E-state index is 14.4. The molecule has 37 heavy (non-hydrogen) atoms. The maximum atomic E-state index is 14.4. The van der Waals surface area contributed by atoms with Gasteiger partial charge in [0.1, 0.15) is 10.5 Å². The van der Waals surface area contributed by atoms with Crippen LogP contribution in [0.1, 0.15) is 22.9 Å². The smallest absolute Gasteiger partial charge is 0.253 e. The molecule has 0 fully saturated rings. The van der Waals surface area contributed by atoms with Crippen molar-refractivity contribution in [1.82, 2.24) is 9.42 Å². The molecule has 0 spiro atoms. The van der Waals surface area contributed by atoms with Crippen molar-refractivity contribution in [3.63, 3.8) is 0 Å². The van der Waals surface area contributed by atoms with Crippen molar-refractivity contribution < 1.29 is 16.8 Å². The summed E-state index contributed by atoms with van der Waals surface area (Å²) in [5.41, 5.74) is 3.04. The second-order valence-electron chi connectivity index (χ2n) is 8.72. The number of aliphatic imine (C=N–C) groups is 1. The molecule has 1 atom stereocenters. The molecule has 0 unspecified atom stereocenters. The Balaban J connectivity index is 1.64. The molecule has 0 saturated carbocycles. The average molecular weight is 551 g/mol. The van der Waals surface area contributed by atoms with Crippen molar-refractivity contribution in [1.29, 1.82) is 0 Å². The van der Waals surface area contributed by atoms with Crippen LogP contribution in [0.4, 0.5) is 11.4 Å². The Morgan fingerprint density at radius 2 is 1.57 bits per heavy atom. The Morgan fingerprint density at radius 1 is 0.838 bits per heavy atom. The van der Waals surface area contributed by atoms with Gasteiger partial charge in [-0.1, -0.05) is 60.2 Å². The van der Waals surface area contributed by atoms with Gasteiger partial charge in [0, 0.05) is 5.56 Å². The van der Waals surface area contributed by atoms with Crippen molar-refractivity contribution in [2.75, 3.05) is 4.31 Å². The van der Waals surface area contributed by atoms with Crippen LogP contribution in [0.2, 0.25) is 0 Å². The fourth-order valence-corrected chi connectivity index (χ4v) is 8.71. The van der Waals surface area contributed by atoms with Crippen molar-refractivity contribution in [2.24, 2.45) is 4.99 Å². The lowest BCUT2D eigenvalue weighted by molar-refractivity contribution is 0.104. The quantitative estimate of drug-likeness (QED) is 0.355. The van der Waals surface area contributed by atoms with Crippen LogP contribution in [0.15, 0.2) is 104 Å². The van der Waals surface area contributed by atoms with Crippen LogP contribution in [-0.4, -0.2) is 32.6 Å². The van der Waals surface area contributed by atoms with Crippen LogP contribution >= 0.6 is 11.3 Å². The first-order chi connectivity index (χ1) is 17.8. The number of hydrazine groups is 1. The molecule has 0 bridgehead atoms. The number of hydrogen-bond donors (Lipinski definition) is 0. The molecule has 0 radical (unpaired) electrons. The standard InChI is InChI=1S/C26H22N4O4S3/c1-19-12-14-21(15-13-19)36(31,32)30-24-10-5-2-7-20(24)17-29(37(33,34)25-11-6-16-35-25)28-18-27-23-9-4-3-8-22(23)26(28)30/h2-16,18,26H,17H2,1H3/t26-/m1/s1. The van der Waals surface area contributed by atoms with E-state index >= 15 is 0 Å². The molecule has 0 saturated heterocycles. The molecule has 188 valence electrons. The largest absolute Gasteiger partial charge is 0.269 e. The molecular weight excluding hydrogens is 529 g/mol. The lowest BCUT2D eigenvalue weighted by Gasteiger charge is -2.42. The summed E-state index contributed by atoms with van der Waals surface area (Å²) in [5.74, 6) is 0. The van der Waals surface area contributed by atoms with Crippen molar-refractivity contribution in [3.05, 3.63) is 107 Å². The topological polar surface area (TPSA) is 90.4 Å². The van der Waals surface area contributed by atoms with E-state index in [4.69, 9.17) is 0 Å². The van der Waals surface area contributed by atoms with E-state index in [1.807, 2.05) is 13.0 Å². The summed E-state index contributed by atoms with van der Waals surface area (Å²) in [7, 11) is -8.17. The van der Waals surface area contributed by atoms with Gasteiger partial charge in [0.05, 0.1) is 22.8 Å². The highest BCUT2D eigenvalue weighted by Gasteiger charge is 2.47. The van der Waals surface area contributed by atoms with Crippen LogP contribution in [0, 0.1) is 6.92 Å². The van der Waals surface area contributed by atoms with E-state index in [9.17, 15) is 16.8 Å². The highest BCUT2D eigenvalue weighted by atomic mass is 32.2. The second kappa shape index (κ2) is 8.80. The molecule has 2 aliphatic heterocycles. The number of rotatable bonds is 4. The zero-order valence-corrected chi connectivity index (χ0v) is 22.1. The van der Waals surface area contributed by atoms with E-state index in [0.29, 0.717) is 22.5 Å². The minimum atomic E-state index is -4.14. The molecule has 3 heterocycles. The van der Waals surface area contributed by atoms with Gasteiger partial charge in [0.25, 0.3) is 20.0 Å². The van der Waals surface area contributed by atoms with Crippen molar-refractivity contribution >= 4 is 49.1 Å². The highest BCUT2D eigenvalue weighted by Crippen LogP contribution is 2.46. The number of para-hydroxylation sites is 2. The van der Waals surface area contributed by atoms with E-state index in [-0.39, 0.29) is 15.6 Å². The van der Waals surface area contributed by atoms with Gasteiger partial charge in [-0.3, -0.25) is 5.01 Å². The molecule has 0 amide bonds. The van der Waals surface area contributed by atoms with E-state index in [2.05, 4.69) is 4.99 Å². The predicted molar refractivity (Wildman–Crippen MR) is 144 cm³/mol. The molecule has 1 aromatic heterocycles. The molecule has 8 nitrogen and oxygen atoms in total. The van der Waals surface area contributed by atoms with E-state index in [0.717, 1.165) is 16.9 Å². The Morgan fingerprint density at radius 3 is 2.32 bits per heavy atom. The third kappa shape index (κ3) is 3.86. The first kappa shape index (κ1) is 23.9. The zero-order valence-electron chi connectivity index (χ0n) is 19.7. The first-order valence-corrected chi connectivity index (χ1v) is 15.2. The lowest BCUT2D eigenvalue weighted by Crippen LogP contribution is -2.52. The lowest BCUT2D eigenvalue weighted by atomic mass is 10.1. The molecule has 0 aliphatic carbocycles. The van der Waals surface area contributed by atoms with Gasteiger partial charge < -0.3 is 0 Å². The molecule has 3 aromatic carbocycles. The number of thiophene rings is 1. The van der Waals surface area contributed by atoms with Crippen LogP contribution in [0.3, 0.4) is 0 Å². The van der Waals surface area contributed by atoms with Crippen LogP contribution < -0.4 is 4.31 Å². The summed E-state index contributed by atoms with van der Waals surface area (Å²) in [5, 5.41) is 3.12. The summed E-state index contributed by atoms with van der Waals surface area (Å²) < 4.78 is 59.2. The Labute approximate surface area is 219 Å². The van der Waals surface area contributed by atoms with E-state index < -0.39 is 26.2 Å². The minimum Gasteiger partial charge on any atom is -0.253 e. The zero-order chi connectivity index (χ0) is 25.8. The molecular formula is C26H22N4O4S3. The van der Waals surface area contributed by atoms with Gasteiger partial charge in [-0.05, 0) is 48.2 Å². The highest BCUT2D eigenvalue weighted by molar-refractivity contribution is 7.93. The molecule has 4 aromatic rings. The number of hydrogen-bond acceptors (Lipinski definition) is 7. The number of sulfonamides is 2. The SMILES string of the molecule is Cc1ccc(S(=O)(=O)N2c3ccccc3CN(S(=O)(=O)c3cccs3)N3C=Nc4ccccc4[C@H]32)cc1. The number of fused-ring (bicyclic) bond motifs is 4. The number of nitrogens with zero attached hydrogens (tertiary/aromatic N) is 4. The maximum Gasteiger partial charge on any atom is 0.269 e. The Bertz CT molecular complexity index is 1720. The van der Waals surface area contributed by atoms with Crippen molar-refractivity contribution in [3.8, 4) is 0 Å². The summed E-state index contributed by atoms with van der Waals surface area (Å²) >= 11 is 1.11. The molecule has 2 aliphatic rings. The molecule has 0 N–H and O–H groups in total. The number of anilines is 1. The first-order valence-electron chi connectivity index (χ1n) is 11.4. The summed E-state index contributed by atoms with van der Waals surface area (Å²) in [4.78, 5) is 4.62.